The van der Waals surface area contributed by atoms with Crippen molar-refractivity contribution >= 4 is 5.82 Å². The van der Waals surface area contributed by atoms with E-state index in [2.05, 4.69) is 31.0 Å². The van der Waals surface area contributed by atoms with Crippen LogP contribution in [0.1, 0.15) is 34.6 Å². The molecule has 1 saturated heterocycles. The summed E-state index contributed by atoms with van der Waals surface area (Å²) in [6, 6.07) is 4.23. The highest BCUT2D eigenvalue weighted by Gasteiger charge is 2.31. The molecule has 7 heteroatoms. The summed E-state index contributed by atoms with van der Waals surface area (Å²) in [5.41, 5.74) is 2.51. The monoisotopic (exact) mass is 312 g/mol. The van der Waals surface area contributed by atoms with Gasteiger partial charge in [0.25, 0.3) is 0 Å². The average molecular weight is 312 g/mol. The lowest BCUT2D eigenvalue weighted by molar-refractivity contribution is 0.177. The Hall–Kier alpha value is -2.46. The molecule has 0 amide bonds. The lowest BCUT2D eigenvalue weighted by Crippen LogP contribution is -2.47. The maximum absolute atomic E-state index is 9.49. The Morgan fingerprint density at radius 1 is 1.26 bits per heavy atom. The van der Waals surface area contributed by atoms with Crippen molar-refractivity contribution in [2.45, 2.75) is 26.8 Å². The first-order valence-electron chi connectivity index (χ1n) is 7.63. The summed E-state index contributed by atoms with van der Waals surface area (Å²) < 4.78 is 5.35. The number of hydrogen-bond donors (Lipinski definition) is 0. The number of anilines is 1. The first-order valence-corrected chi connectivity index (χ1v) is 7.63. The Kier molecular flexibility index (Phi) is 4.01. The van der Waals surface area contributed by atoms with Gasteiger partial charge in [0.15, 0.2) is 5.82 Å². The molecule has 1 fully saturated rings. The fourth-order valence-corrected chi connectivity index (χ4v) is 2.97. The van der Waals surface area contributed by atoms with E-state index < -0.39 is 0 Å². The molecular formula is C16H20N6O. The first kappa shape index (κ1) is 15.4. The Morgan fingerprint density at radius 3 is 2.70 bits per heavy atom. The number of nitrogens with zero attached hydrogens (tertiary/aromatic N) is 6. The maximum Gasteiger partial charge on any atom is 0.245 e. The molecule has 1 atom stereocenters. The Labute approximate surface area is 135 Å². The van der Waals surface area contributed by atoms with Crippen molar-refractivity contribution in [3.05, 3.63) is 34.6 Å². The first-order chi connectivity index (χ1) is 11.0. The summed E-state index contributed by atoms with van der Waals surface area (Å²) >= 11 is 0. The third kappa shape index (κ3) is 2.90. The summed E-state index contributed by atoms with van der Waals surface area (Å²) in [4.78, 5) is 13.3. The van der Waals surface area contributed by atoms with E-state index in [4.69, 9.17) is 4.52 Å². The van der Waals surface area contributed by atoms with Gasteiger partial charge in [0.1, 0.15) is 17.9 Å². The number of hydrogen-bond acceptors (Lipinski definition) is 7. The predicted molar refractivity (Wildman–Crippen MR) is 85.0 cm³/mol. The van der Waals surface area contributed by atoms with Crippen LogP contribution in [0.3, 0.4) is 0 Å². The van der Waals surface area contributed by atoms with Crippen molar-refractivity contribution in [3.63, 3.8) is 0 Å². The Bertz CT molecular complexity index is 762. The topological polar surface area (TPSA) is 82.1 Å². The molecule has 0 radical (unpaired) electrons. The molecule has 3 heterocycles. The summed E-state index contributed by atoms with van der Waals surface area (Å²) in [6.07, 6.45) is 0. The standard InChI is InChI=1S/C16H20N6O/c1-10-7-11(2)18-15(13(10)8-17)22-6-5-21(4)14(9-22)16-19-12(3)20-23-16/h7,14H,5-6,9H2,1-4H3/t14-/m1/s1. The van der Waals surface area contributed by atoms with Crippen molar-refractivity contribution in [1.29, 1.82) is 5.26 Å². The van der Waals surface area contributed by atoms with Gasteiger partial charge in [-0.15, -0.1) is 0 Å². The van der Waals surface area contributed by atoms with Crippen LogP contribution in [-0.2, 0) is 0 Å². The van der Waals surface area contributed by atoms with Gasteiger partial charge < -0.3 is 9.42 Å². The van der Waals surface area contributed by atoms with E-state index in [9.17, 15) is 5.26 Å². The highest BCUT2D eigenvalue weighted by atomic mass is 16.5. The molecule has 0 N–H and O–H groups in total. The zero-order valence-corrected chi connectivity index (χ0v) is 13.9. The molecule has 0 aliphatic carbocycles. The van der Waals surface area contributed by atoms with Gasteiger partial charge in [-0.2, -0.15) is 10.2 Å². The smallest absolute Gasteiger partial charge is 0.245 e. The molecule has 0 spiro atoms. The van der Waals surface area contributed by atoms with E-state index in [1.54, 1.807) is 0 Å². The summed E-state index contributed by atoms with van der Waals surface area (Å²) in [5.74, 6) is 1.99. The van der Waals surface area contributed by atoms with Crippen LogP contribution in [0.5, 0.6) is 0 Å². The summed E-state index contributed by atoms with van der Waals surface area (Å²) in [5, 5.41) is 13.4. The summed E-state index contributed by atoms with van der Waals surface area (Å²) in [7, 11) is 2.04. The maximum atomic E-state index is 9.49. The van der Waals surface area contributed by atoms with Gasteiger partial charge in [-0.25, -0.2) is 4.98 Å². The van der Waals surface area contributed by atoms with Gasteiger partial charge in [0, 0.05) is 25.3 Å². The summed E-state index contributed by atoms with van der Waals surface area (Å²) in [6.45, 7) is 8.03. The fraction of sp³-hybridized carbons (Fsp3) is 0.500. The molecule has 0 unspecified atom stereocenters. The van der Waals surface area contributed by atoms with Crippen molar-refractivity contribution < 1.29 is 4.52 Å². The third-order valence-electron chi connectivity index (χ3n) is 4.21. The second-order valence-electron chi connectivity index (χ2n) is 6.01. The van der Waals surface area contributed by atoms with Crippen LogP contribution in [0.4, 0.5) is 5.82 Å². The van der Waals surface area contributed by atoms with Gasteiger partial charge >= 0.3 is 0 Å². The molecule has 120 valence electrons. The van der Waals surface area contributed by atoms with Crippen molar-refractivity contribution in [2.75, 3.05) is 31.6 Å². The minimum Gasteiger partial charge on any atom is -0.352 e. The van der Waals surface area contributed by atoms with Gasteiger partial charge in [0.2, 0.25) is 5.89 Å². The van der Waals surface area contributed by atoms with E-state index in [1.807, 2.05) is 33.9 Å². The molecule has 0 aromatic carbocycles. The van der Waals surface area contributed by atoms with E-state index in [0.717, 1.165) is 30.2 Å². The van der Waals surface area contributed by atoms with E-state index in [1.165, 1.54) is 0 Å². The second-order valence-corrected chi connectivity index (χ2v) is 6.01. The molecule has 0 bridgehead atoms. The normalized spacial score (nSPS) is 18.9. The quantitative estimate of drug-likeness (QED) is 0.835. The van der Waals surface area contributed by atoms with Crippen LogP contribution in [0, 0.1) is 32.1 Å². The number of rotatable bonds is 2. The predicted octanol–water partition coefficient (Wildman–Crippen LogP) is 1.75. The SMILES string of the molecule is Cc1cc(C)c(C#N)c(N2CCN(C)[C@@H](c3nc(C)no3)C2)n1. The highest BCUT2D eigenvalue weighted by Crippen LogP contribution is 2.28. The molecule has 7 nitrogen and oxygen atoms in total. The number of likely N-dealkylation sites (N-methyl/N-ethyl adjacent to an activating group) is 1. The van der Waals surface area contributed by atoms with Crippen LogP contribution in [-0.4, -0.2) is 46.7 Å². The molecule has 2 aromatic heterocycles. The molecule has 3 rings (SSSR count). The number of aromatic nitrogens is 3. The zero-order chi connectivity index (χ0) is 16.6. The molecule has 1 aliphatic heterocycles. The number of aryl methyl sites for hydroxylation is 3. The zero-order valence-electron chi connectivity index (χ0n) is 13.9. The van der Waals surface area contributed by atoms with Crippen molar-refractivity contribution in [3.8, 4) is 6.07 Å². The number of piperazine rings is 1. The Morgan fingerprint density at radius 2 is 2.04 bits per heavy atom. The van der Waals surface area contributed by atoms with Crippen LogP contribution < -0.4 is 4.90 Å². The van der Waals surface area contributed by atoms with E-state index in [0.29, 0.717) is 23.8 Å². The van der Waals surface area contributed by atoms with Crippen molar-refractivity contribution in [2.24, 2.45) is 0 Å². The van der Waals surface area contributed by atoms with Crippen LogP contribution in [0.25, 0.3) is 0 Å². The molecule has 2 aromatic rings. The fourth-order valence-electron chi connectivity index (χ4n) is 2.97. The molecule has 23 heavy (non-hydrogen) atoms. The van der Waals surface area contributed by atoms with Gasteiger partial charge in [-0.1, -0.05) is 5.16 Å². The van der Waals surface area contributed by atoms with Crippen LogP contribution in [0.15, 0.2) is 10.6 Å². The average Bonchev–Trinajstić information content (AvgIpc) is 2.93. The third-order valence-corrected chi connectivity index (χ3v) is 4.21. The minimum atomic E-state index is -0.000823. The number of pyridine rings is 1. The van der Waals surface area contributed by atoms with Gasteiger partial charge in [-0.3, -0.25) is 4.90 Å². The van der Waals surface area contributed by atoms with E-state index >= 15 is 0 Å². The minimum absolute atomic E-state index is 0.000823. The van der Waals surface area contributed by atoms with Gasteiger partial charge in [0.05, 0.1) is 5.56 Å². The lowest BCUT2D eigenvalue weighted by atomic mass is 10.1. The van der Waals surface area contributed by atoms with Crippen LogP contribution >= 0.6 is 0 Å². The molecule has 0 saturated carbocycles. The number of nitriles is 1. The molecular weight excluding hydrogens is 292 g/mol. The largest absolute Gasteiger partial charge is 0.352 e. The Balaban J connectivity index is 1.94. The molecule has 1 aliphatic rings. The highest BCUT2D eigenvalue weighted by molar-refractivity contribution is 5.58. The van der Waals surface area contributed by atoms with Gasteiger partial charge in [-0.05, 0) is 39.4 Å². The van der Waals surface area contributed by atoms with Crippen molar-refractivity contribution in [1.82, 2.24) is 20.0 Å². The lowest BCUT2D eigenvalue weighted by Gasteiger charge is -2.38. The second kappa shape index (κ2) is 5.97. The van der Waals surface area contributed by atoms with Crippen LogP contribution in [0.2, 0.25) is 0 Å². The van der Waals surface area contributed by atoms with E-state index in [-0.39, 0.29) is 6.04 Å².